The van der Waals surface area contributed by atoms with Crippen LogP contribution in [-0.2, 0) is 9.53 Å². The maximum absolute atomic E-state index is 12.0. The van der Waals surface area contributed by atoms with Gasteiger partial charge in [-0.15, -0.1) is 0 Å². The molecule has 4 fully saturated rings. The number of carbonyl (C=O) groups excluding carboxylic acids is 1. The van der Waals surface area contributed by atoms with Gasteiger partial charge >= 0.3 is 12.1 Å². The highest BCUT2D eigenvalue weighted by Gasteiger charge is 2.53. The second-order valence-electron chi connectivity index (χ2n) is 6.72. The number of amides is 1. The van der Waals surface area contributed by atoms with Crippen LogP contribution in [0.25, 0.3) is 0 Å². The molecule has 4 aliphatic rings. The van der Waals surface area contributed by atoms with E-state index in [1.54, 1.807) is 0 Å². The molecule has 0 unspecified atom stereocenters. The first kappa shape index (κ1) is 12.8. The third kappa shape index (κ3) is 2.42. The third-order valence-corrected chi connectivity index (χ3v) is 4.97. The van der Waals surface area contributed by atoms with Crippen molar-refractivity contribution in [2.45, 2.75) is 44.1 Å². The van der Waals surface area contributed by atoms with Crippen molar-refractivity contribution in [3.05, 3.63) is 0 Å². The van der Waals surface area contributed by atoms with Gasteiger partial charge in [-0.25, -0.2) is 4.79 Å². The summed E-state index contributed by atoms with van der Waals surface area (Å²) >= 11 is 0. The zero-order chi connectivity index (χ0) is 13.6. The van der Waals surface area contributed by atoms with Gasteiger partial charge in [0.05, 0.1) is 0 Å². The van der Waals surface area contributed by atoms with E-state index in [1.807, 2.05) is 0 Å². The summed E-state index contributed by atoms with van der Waals surface area (Å²) < 4.78 is 5.74. The van der Waals surface area contributed by atoms with E-state index >= 15 is 0 Å². The quantitative estimate of drug-likeness (QED) is 0.850. The number of rotatable bonds is 3. The van der Waals surface area contributed by atoms with Crippen LogP contribution in [0.3, 0.4) is 0 Å². The monoisotopic (exact) mass is 267 g/mol. The standard InChI is InChI=1S/C14H21NO4/c1-15(8-12(16)17)13(18)19-14-5-9-2-10(6-14)4-11(3-9)7-14/h9-11H,2-8H2,1H3,(H,16,17). The van der Waals surface area contributed by atoms with Crippen molar-refractivity contribution in [1.29, 1.82) is 0 Å². The van der Waals surface area contributed by atoms with Crippen LogP contribution in [-0.4, -0.2) is 41.3 Å². The highest BCUT2D eigenvalue weighted by atomic mass is 16.6. The van der Waals surface area contributed by atoms with Gasteiger partial charge in [0.15, 0.2) is 0 Å². The van der Waals surface area contributed by atoms with Crippen LogP contribution in [0.2, 0.25) is 0 Å². The maximum Gasteiger partial charge on any atom is 0.410 e. The Morgan fingerprint density at radius 3 is 2.05 bits per heavy atom. The van der Waals surface area contributed by atoms with Gasteiger partial charge in [0.1, 0.15) is 12.1 Å². The Labute approximate surface area is 112 Å². The molecule has 1 amide bonds. The number of carboxylic acid groups (broad SMARTS) is 1. The zero-order valence-electron chi connectivity index (χ0n) is 11.3. The van der Waals surface area contributed by atoms with Crippen LogP contribution in [0, 0.1) is 17.8 Å². The average Bonchev–Trinajstić information content (AvgIpc) is 2.24. The summed E-state index contributed by atoms with van der Waals surface area (Å²) in [5.74, 6) is 1.13. The van der Waals surface area contributed by atoms with Gasteiger partial charge in [0.2, 0.25) is 0 Å². The average molecular weight is 267 g/mol. The molecule has 1 N–H and O–H groups in total. The molecular formula is C14H21NO4. The summed E-state index contributed by atoms with van der Waals surface area (Å²) in [6.07, 6.45) is 6.33. The third-order valence-electron chi connectivity index (χ3n) is 4.97. The minimum absolute atomic E-state index is 0.293. The molecule has 0 aromatic heterocycles. The molecule has 0 radical (unpaired) electrons. The lowest BCUT2D eigenvalue weighted by molar-refractivity contribution is -0.142. The zero-order valence-corrected chi connectivity index (χ0v) is 11.3. The van der Waals surface area contributed by atoms with Crippen LogP contribution >= 0.6 is 0 Å². The number of nitrogens with zero attached hydrogens (tertiary/aromatic N) is 1. The number of ether oxygens (including phenoxy) is 1. The lowest BCUT2D eigenvalue weighted by Crippen LogP contribution is -2.54. The predicted molar refractivity (Wildman–Crippen MR) is 67.6 cm³/mol. The molecule has 0 aliphatic heterocycles. The molecule has 5 heteroatoms. The Morgan fingerprint density at radius 1 is 1.16 bits per heavy atom. The molecular weight excluding hydrogens is 246 g/mol. The highest BCUT2D eigenvalue weighted by molar-refractivity contribution is 5.76. The summed E-state index contributed by atoms with van der Waals surface area (Å²) in [6.45, 7) is -0.300. The number of likely N-dealkylation sites (N-methyl/N-ethyl adjacent to an activating group) is 1. The van der Waals surface area contributed by atoms with Gasteiger partial charge in [-0.1, -0.05) is 0 Å². The molecule has 0 atom stereocenters. The molecule has 0 saturated heterocycles. The van der Waals surface area contributed by atoms with Crippen molar-refractivity contribution in [2.24, 2.45) is 17.8 Å². The van der Waals surface area contributed by atoms with Crippen molar-refractivity contribution >= 4 is 12.1 Å². The first-order valence-electron chi connectivity index (χ1n) is 7.12. The fourth-order valence-electron chi connectivity index (χ4n) is 4.69. The summed E-state index contributed by atoms with van der Waals surface area (Å²) in [5.41, 5.74) is -0.293. The summed E-state index contributed by atoms with van der Waals surface area (Å²) in [7, 11) is 1.48. The smallest absolute Gasteiger partial charge is 0.410 e. The van der Waals surface area contributed by atoms with E-state index in [0.717, 1.165) is 24.2 Å². The molecule has 19 heavy (non-hydrogen) atoms. The number of hydrogen-bond acceptors (Lipinski definition) is 3. The Balaban J connectivity index is 1.66. The second-order valence-corrected chi connectivity index (χ2v) is 6.72. The van der Waals surface area contributed by atoms with Crippen molar-refractivity contribution in [3.8, 4) is 0 Å². The van der Waals surface area contributed by atoms with Gasteiger partial charge in [0.25, 0.3) is 0 Å². The molecule has 4 saturated carbocycles. The Hall–Kier alpha value is -1.26. The Bertz CT molecular complexity index is 371. The van der Waals surface area contributed by atoms with E-state index in [9.17, 15) is 9.59 Å². The molecule has 106 valence electrons. The molecule has 4 aliphatic carbocycles. The fourth-order valence-corrected chi connectivity index (χ4v) is 4.69. The van der Waals surface area contributed by atoms with Crippen LogP contribution in [0.4, 0.5) is 4.79 Å². The topological polar surface area (TPSA) is 66.8 Å². The van der Waals surface area contributed by atoms with Gasteiger partial charge in [0, 0.05) is 7.05 Å². The molecule has 4 rings (SSSR count). The first-order chi connectivity index (χ1) is 8.96. The largest absolute Gasteiger partial charge is 0.480 e. The molecule has 5 nitrogen and oxygen atoms in total. The fraction of sp³-hybridized carbons (Fsp3) is 0.857. The number of aliphatic carboxylic acids is 1. The summed E-state index contributed by atoms with van der Waals surface area (Å²) in [5, 5.41) is 8.71. The van der Waals surface area contributed by atoms with E-state index < -0.39 is 12.1 Å². The van der Waals surface area contributed by atoms with Crippen molar-refractivity contribution in [3.63, 3.8) is 0 Å². The molecule has 0 aromatic carbocycles. The lowest BCUT2D eigenvalue weighted by Gasteiger charge is -2.55. The van der Waals surface area contributed by atoms with Crippen LogP contribution < -0.4 is 0 Å². The molecule has 0 spiro atoms. The van der Waals surface area contributed by atoms with Crippen LogP contribution in [0.5, 0.6) is 0 Å². The number of carboxylic acids is 1. The van der Waals surface area contributed by atoms with Crippen molar-refractivity contribution < 1.29 is 19.4 Å². The lowest BCUT2D eigenvalue weighted by atomic mass is 9.54. The minimum Gasteiger partial charge on any atom is -0.480 e. The maximum atomic E-state index is 12.0. The van der Waals surface area contributed by atoms with E-state index in [0.29, 0.717) is 17.8 Å². The van der Waals surface area contributed by atoms with E-state index in [2.05, 4.69) is 0 Å². The number of carbonyl (C=O) groups is 2. The Kier molecular flexibility index (Phi) is 2.95. The van der Waals surface area contributed by atoms with Crippen LogP contribution in [0.1, 0.15) is 38.5 Å². The van der Waals surface area contributed by atoms with Gasteiger partial charge in [-0.3, -0.25) is 4.79 Å². The predicted octanol–water partition coefficient (Wildman–Crippen LogP) is 2.11. The number of hydrogen-bond donors (Lipinski definition) is 1. The second kappa shape index (κ2) is 4.39. The molecule has 4 bridgehead atoms. The molecule has 0 aromatic rings. The van der Waals surface area contributed by atoms with E-state index in [-0.39, 0.29) is 12.1 Å². The van der Waals surface area contributed by atoms with Crippen LogP contribution in [0.15, 0.2) is 0 Å². The van der Waals surface area contributed by atoms with E-state index in [4.69, 9.17) is 9.84 Å². The highest BCUT2D eigenvalue weighted by Crippen LogP contribution is 2.57. The summed E-state index contributed by atoms with van der Waals surface area (Å²) in [6, 6.07) is 0. The minimum atomic E-state index is -1.01. The van der Waals surface area contributed by atoms with Gasteiger partial charge in [-0.2, -0.15) is 0 Å². The van der Waals surface area contributed by atoms with E-state index in [1.165, 1.54) is 26.3 Å². The van der Waals surface area contributed by atoms with Gasteiger partial charge in [-0.05, 0) is 56.3 Å². The molecule has 0 heterocycles. The first-order valence-corrected chi connectivity index (χ1v) is 7.12. The SMILES string of the molecule is CN(CC(=O)O)C(=O)OC12CC3CC(CC(C3)C1)C2. The van der Waals surface area contributed by atoms with Gasteiger partial charge < -0.3 is 14.7 Å². The normalized spacial score (nSPS) is 39.1. The Morgan fingerprint density at radius 2 is 1.63 bits per heavy atom. The van der Waals surface area contributed by atoms with Crippen molar-refractivity contribution in [2.75, 3.05) is 13.6 Å². The summed E-state index contributed by atoms with van der Waals surface area (Å²) in [4.78, 5) is 23.8. The van der Waals surface area contributed by atoms with Crippen molar-refractivity contribution in [1.82, 2.24) is 4.90 Å².